The number of ether oxygens (including phenoxy) is 3. The molecule has 0 fully saturated rings. The number of carbonyl (C=O) groups is 1. The third-order valence-corrected chi connectivity index (χ3v) is 5.22. The normalized spacial score (nSPS) is 10.5. The number of amides is 1. The van der Waals surface area contributed by atoms with Crippen LogP contribution in [-0.4, -0.2) is 47.8 Å². The summed E-state index contributed by atoms with van der Waals surface area (Å²) in [6.07, 6.45) is 0. The van der Waals surface area contributed by atoms with Gasteiger partial charge in [-0.1, -0.05) is 11.8 Å². The summed E-state index contributed by atoms with van der Waals surface area (Å²) in [7, 11) is 6.60. The molecule has 0 aliphatic rings. The lowest BCUT2D eigenvalue weighted by Crippen LogP contribution is -2.15. The minimum Gasteiger partial charge on any atom is -0.497 e. The van der Waals surface area contributed by atoms with Crippen molar-refractivity contribution in [2.75, 3.05) is 32.4 Å². The summed E-state index contributed by atoms with van der Waals surface area (Å²) in [5, 5.41) is 11.9. The molecular formula is C20H22N4O4S. The highest BCUT2D eigenvalue weighted by Crippen LogP contribution is 2.29. The maximum atomic E-state index is 12.4. The predicted molar refractivity (Wildman–Crippen MR) is 112 cm³/mol. The summed E-state index contributed by atoms with van der Waals surface area (Å²) in [6, 6.07) is 12.8. The number of rotatable bonds is 8. The number of benzene rings is 2. The number of hydrogen-bond donors (Lipinski definition) is 1. The minimum absolute atomic E-state index is 0.176. The number of hydrogen-bond acceptors (Lipinski definition) is 7. The van der Waals surface area contributed by atoms with E-state index < -0.39 is 0 Å². The second-order valence-electron chi connectivity index (χ2n) is 6.00. The zero-order valence-corrected chi connectivity index (χ0v) is 17.4. The molecule has 8 nitrogen and oxygen atoms in total. The monoisotopic (exact) mass is 414 g/mol. The lowest BCUT2D eigenvalue weighted by molar-refractivity contribution is -0.113. The van der Waals surface area contributed by atoms with Crippen molar-refractivity contribution in [3.63, 3.8) is 0 Å². The first-order valence-electron chi connectivity index (χ1n) is 8.74. The van der Waals surface area contributed by atoms with Crippen LogP contribution in [-0.2, 0) is 11.8 Å². The number of anilines is 1. The molecule has 0 atom stereocenters. The van der Waals surface area contributed by atoms with Crippen LogP contribution in [0, 0.1) is 0 Å². The molecule has 1 aromatic heterocycles. The van der Waals surface area contributed by atoms with E-state index in [0.29, 0.717) is 28.2 Å². The minimum atomic E-state index is -0.185. The molecule has 0 unspecified atom stereocenters. The van der Waals surface area contributed by atoms with Gasteiger partial charge < -0.3 is 24.1 Å². The standard InChI is InChI=1S/C20H22N4O4S/c1-24-19(13-5-7-14(26-2)8-6-13)22-23-20(24)29-12-18(25)21-16-11-15(27-3)9-10-17(16)28-4/h5-11H,12H2,1-4H3,(H,21,25). The number of nitrogens with zero attached hydrogens (tertiary/aromatic N) is 3. The summed E-state index contributed by atoms with van der Waals surface area (Å²) >= 11 is 1.30. The molecule has 1 N–H and O–H groups in total. The van der Waals surface area contributed by atoms with Crippen LogP contribution in [0.5, 0.6) is 17.2 Å². The molecule has 0 bridgehead atoms. The molecule has 0 spiro atoms. The highest BCUT2D eigenvalue weighted by atomic mass is 32.2. The van der Waals surface area contributed by atoms with Crippen LogP contribution in [0.15, 0.2) is 47.6 Å². The Morgan fingerprint density at radius 3 is 2.34 bits per heavy atom. The van der Waals surface area contributed by atoms with Gasteiger partial charge in [-0.15, -0.1) is 10.2 Å². The topological polar surface area (TPSA) is 87.5 Å². The zero-order valence-electron chi connectivity index (χ0n) is 16.6. The van der Waals surface area contributed by atoms with E-state index in [9.17, 15) is 4.79 Å². The number of carbonyl (C=O) groups excluding carboxylic acids is 1. The van der Waals surface area contributed by atoms with Crippen molar-refractivity contribution in [2.45, 2.75) is 5.16 Å². The first-order valence-corrected chi connectivity index (χ1v) is 9.72. The molecule has 3 rings (SSSR count). The van der Waals surface area contributed by atoms with Crippen LogP contribution in [0.1, 0.15) is 0 Å². The van der Waals surface area contributed by atoms with Gasteiger partial charge >= 0.3 is 0 Å². The van der Waals surface area contributed by atoms with Crippen molar-refractivity contribution in [1.82, 2.24) is 14.8 Å². The van der Waals surface area contributed by atoms with Crippen LogP contribution >= 0.6 is 11.8 Å². The summed E-state index contributed by atoms with van der Waals surface area (Å²) in [5.74, 6) is 2.67. The molecule has 9 heteroatoms. The molecule has 152 valence electrons. The fraction of sp³-hybridized carbons (Fsp3) is 0.250. The Morgan fingerprint density at radius 2 is 1.69 bits per heavy atom. The van der Waals surface area contributed by atoms with Crippen molar-refractivity contribution >= 4 is 23.4 Å². The Bertz CT molecular complexity index is 989. The molecule has 0 saturated heterocycles. The highest BCUT2D eigenvalue weighted by Gasteiger charge is 2.14. The lowest BCUT2D eigenvalue weighted by atomic mass is 10.2. The molecule has 29 heavy (non-hydrogen) atoms. The van der Waals surface area contributed by atoms with Gasteiger partial charge in [-0.2, -0.15) is 0 Å². The van der Waals surface area contributed by atoms with E-state index in [4.69, 9.17) is 14.2 Å². The van der Waals surface area contributed by atoms with E-state index in [0.717, 1.165) is 11.3 Å². The number of aromatic nitrogens is 3. The molecule has 1 heterocycles. The van der Waals surface area contributed by atoms with Gasteiger partial charge in [0.15, 0.2) is 11.0 Å². The molecule has 0 saturated carbocycles. The van der Waals surface area contributed by atoms with Crippen LogP contribution < -0.4 is 19.5 Å². The fourth-order valence-electron chi connectivity index (χ4n) is 2.66. The molecule has 0 aliphatic heterocycles. The van der Waals surface area contributed by atoms with Crippen molar-refractivity contribution in [1.29, 1.82) is 0 Å². The number of nitrogens with one attached hydrogen (secondary N) is 1. The molecular weight excluding hydrogens is 392 g/mol. The van der Waals surface area contributed by atoms with Gasteiger partial charge in [-0.25, -0.2) is 0 Å². The van der Waals surface area contributed by atoms with E-state index in [2.05, 4.69) is 15.5 Å². The third kappa shape index (κ3) is 4.80. The molecule has 0 radical (unpaired) electrons. The van der Waals surface area contributed by atoms with Crippen molar-refractivity contribution < 1.29 is 19.0 Å². The maximum Gasteiger partial charge on any atom is 0.234 e. The van der Waals surface area contributed by atoms with E-state index in [1.165, 1.54) is 11.8 Å². The third-order valence-electron chi connectivity index (χ3n) is 4.20. The van der Waals surface area contributed by atoms with Gasteiger partial charge in [0.1, 0.15) is 17.2 Å². The van der Waals surface area contributed by atoms with Crippen molar-refractivity contribution in [3.05, 3.63) is 42.5 Å². The van der Waals surface area contributed by atoms with E-state index in [1.54, 1.807) is 39.5 Å². The van der Waals surface area contributed by atoms with Crippen molar-refractivity contribution in [3.8, 4) is 28.6 Å². The van der Waals surface area contributed by atoms with Crippen LogP contribution in [0.4, 0.5) is 5.69 Å². The summed E-state index contributed by atoms with van der Waals surface area (Å²) in [5.41, 5.74) is 1.47. The van der Waals surface area contributed by atoms with Gasteiger partial charge in [0.2, 0.25) is 5.91 Å². The molecule has 1 amide bonds. The quantitative estimate of drug-likeness (QED) is 0.566. The Balaban J connectivity index is 1.66. The summed E-state index contributed by atoms with van der Waals surface area (Å²) in [6.45, 7) is 0. The van der Waals surface area contributed by atoms with Gasteiger partial charge in [-0.3, -0.25) is 4.79 Å². The predicted octanol–water partition coefficient (Wildman–Crippen LogP) is 3.24. The summed E-state index contributed by atoms with van der Waals surface area (Å²) < 4.78 is 17.5. The zero-order chi connectivity index (χ0) is 20.8. The van der Waals surface area contributed by atoms with Crippen LogP contribution in [0.3, 0.4) is 0 Å². The number of thioether (sulfide) groups is 1. The van der Waals surface area contributed by atoms with Gasteiger partial charge in [0.05, 0.1) is 32.8 Å². The maximum absolute atomic E-state index is 12.4. The second-order valence-corrected chi connectivity index (χ2v) is 6.94. The van der Waals surface area contributed by atoms with Gasteiger partial charge in [0.25, 0.3) is 0 Å². The SMILES string of the molecule is COc1ccc(-c2nnc(SCC(=O)Nc3cc(OC)ccc3OC)n2C)cc1. The van der Waals surface area contributed by atoms with E-state index in [1.807, 2.05) is 35.9 Å². The second kappa shape index (κ2) is 9.33. The first-order chi connectivity index (χ1) is 14.0. The van der Waals surface area contributed by atoms with Gasteiger partial charge in [-0.05, 0) is 36.4 Å². The Labute approximate surface area is 173 Å². The Hall–Kier alpha value is -3.20. The van der Waals surface area contributed by atoms with E-state index >= 15 is 0 Å². The Kier molecular flexibility index (Phi) is 6.61. The van der Waals surface area contributed by atoms with Crippen LogP contribution in [0.25, 0.3) is 11.4 Å². The molecule has 2 aromatic carbocycles. The van der Waals surface area contributed by atoms with E-state index in [-0.39, 0.29) is 11.7 Å². The molecule has 0 aliphatic carbocycles. The first kappa shape index (κ1) is 20.5. The highest BCUT2D eigenvalue weighted by molar-refractivity contribution is 7.99. The van der Waals surface area contributed by atoms with Crippen molar-refractivity contribution in [2.24, 2.45) is 7.05 Å². The average Bonchev–Trinajstić information content (AvgIpc) is 3.12. The summed E-state index contributed by atoms with van der Waals surface area (Å²) in [4.78, 5) is 12.4. The number of methoxy groups -OCH3 is 3. The van der Waals surface area contributed by atoms with Crippen LogP contribution in [0.2, 0.25) is 0 Å². The average molecular weight is 414 g/mol. The Morgan fingerprint density at radius 1 is 1.00 bits per heavy atom. The largest absolute Gasteiger partial charge is 0.497 e. The molecule has 3 aromatic rings. The van der Waals surface area contributed by atoms with Gasteiger partial charge in [0, 0.05) is 18.7 Å². The lowest BCUT2D eigenvalue weighted by Gasteiger charge is -2.11. The fourth-order valence-corrected chi connectivity index (χ4v) is 3.37. The smallest absolute Gasteiger partial charge is 0.234 e.